The molecule has 2 rings (SSSR count). The quantitative estimate of drug-likeness (QED) is 0.753. The van der Waals surface area contributed by atoms with E-state index in [1.54, 1.807) is 0 Å². The van der Waals surface area contributed by atoms with Crippen molar-refractivity contribution in [1.29, 1.82) is 0 Å². The lowest BCUT2D eigenvalue weighted by Gasteiger charge is -2.28. The third kappa shape index (κ3) is 4.25. The van der Waals surface area contributed by atoms with Crippen LogP contribution in [0.5, 0.6) is 0 Å². The van der Waals surface area contributed by atoms with Crippen molar-refractivity contribution >= 4 is 6.09 Å². The van der Waals surface area contributed by atoms with Crippen molar-refractivity contribution in [3.05, 3.63) is 35.9 Å². The average Bonchev–Trinajstić information content (AvgIpc) is 2.58. The molecule has 1 amide bonds. The van der Waals surface area contributed by atoms with Crippen LogP contribution in [-0.4, -0.2) is 29.7 Å². The van der Waals surface area contributed by atoms with Gasteiger partial charge in [0.05, 0.1) is 0 Å². The van der Waals surface area contributed by atoms with Crippen molar-refractivity contribution in [3.8, 4) is 0 Å². The second kappa shape index (κ2) is 6.72. The van der Waals surface area contributed by atoms with E-state index in [9.17, 15) is 4.79 Å². The molecule has 122 valence electrons. The van der Waals surface area contributed by atoms with E-state index in [-0.39, 0.29) is 6.09 Å². The molecule has 1 aliphatic heterocycles. The lowest BCUT2D eigenvalue weighted by molar-refractivity contribution is 0.0233. The molecular weight excluding hydrogens is 274 g/mol. The molecule has 0 aromatic heterocycles. The van der Waals surface area contributed by atoms with Gasteiger partial charge in [-0.2, -0.15) is 0 Å². The highest BCUT2D eigenvalue weighted by Gasteiger charge is 2.32. The number of carbonyl (C=O) groups is 1. The van der Waals surface area contributed by atoms with E-state index in [4.69, 9.17) is 4.74 Å². The van der Waals surface area contributed by atoms with Gasteiger partial charge in [-0.3, -0.25) is 0 Å². The third-order valence-corrected chi connectivity index (χ3v) is 4.63. The number of likely N-dealkylation sites (tertiary alicyclic amines) is 1. The Morgan fingerprint density at radius 2 is 1.82 bits per heavy atom. The van der Waals surface area contributed by atoms with Gasteiger partial charge in [-0.25, -0.2) is 4.79 Å². The summed E-state index contributed by atoms with van der Waals surface area (Å²) in [6.07, 6.45) is 0.814. The minimum atomic E-state index is -0.433. The van der Waals surface area contributed by atoms with Crippen molar-refractivity contribution < 1.29 is 9.53 Å². The molecular formula is C19H29NO2. The minimum Gasteiger partial charge on any atom is -0.444 e. The van der Waals surface area contributed by atoms with E-state index in [1.165, 1.54) is 5.56 Å². The van der Waals surface area contributed by atoms with E-state index >= 15 is 0 Å². The summed E-state index contributed by atoms with van der Waals surface area (Å²) >= 11 is 0. The van der Waals surface area contributed by atoms with Crippen LogP contribution in [0.25, 0.3) is 0 Å². The third-order valence-electron chi connectivity index (χ3n) is 4.63. The number of rotatable bonds is 1. The zero-order valence-electron chi connectivity index (χ0n) is 14.5. The van der Waals surface area contributed by atoms with E-state index in [0.717, 1.165) is 19.5 Å². The minimum absolute atomic E-state index is 0.180. The zero-order chi connectivity index (χ0) is 16.3. The van der Waals surface area contributed by atoms with Crippen molar-refractivity contribution in [1.82, 2.24) is 4.90 Å². The van der Waals surface area contributed by atoms with Crippen LogP contribution in [0.2, 0.25) is 0 Å². The Labute approximate surface area is 134 Å². The molecule has 1 aromatic carbocycles. The first-order chi connectivity index (χ1) is 10.3. The van der Waals surface area contributed by atoms with Crippen LogP contribution in [0.1, 0.15) is 52.5 Å². The van der Waals surface area contributed by atoms with Gasteiger partial charge >= 0.3 is 6.09 Å². The second-order valence-electron chi connectivity index (χ2n) is 7.57. The lowest BCUT2D eigenvalue weighted by Crippen LogP contribution is -2.39. The maximum absolute atomic E-state index is 12.4. The maximum atomic E-state index is 12.4. The molecule has 0 radical (unpaired) electrons. The highest BCUT2D eigenvalue weighted by atomic mass is 16.6. The molecule has 0 spiro atoms. The number of nitrogens with zero attached hydrogens (tertiary/aromatic N) is 1. The first-order valence-corrected chi connectivity index (χ1v) is 8.31. The molecule has 3 heteroatoms. The maximum Gasteiger partial charge on any atom is 0.410 e. The summed E-state index contributed by atoms with van der Waals surface area (Å²) in [5.74, 6) is 1.51. The standard InChI is InChI=1S/C19H29NO2/c1-14-13-20(18(21)22-19(3,4)5)12-11-17(15(14)2)16-9-7-6-8-10-16/h6-10,14-15,17H,11-13H2,1-5H3/t14-,15+,17+/m0/s1. The first-order valence-electron chi connectivity index (χ1n) is 8.31. The summed E-state index contributed by atoms with van der Waals surface area (Å²) in [7, 11) is 0. The van der Waals surface area contributed by atoms with E-state index in [0.29, 0.717) is 17.8 Å². The van der Waals surface area contributed by atoms with Gasteiger partial charge in [0.2, 0.25) is 0 Å². The monoisotopic (exact) mass is 303 g/mol. The van der Waals surface area contributed by atoms with Crippen LogP contribution in [0.4, 0.5) is 4.79 Å². The summed E-state index contributed by atoms with van der Waals surface area (Å²) in [5.41, 5.74) is 0.949. The SMILES string of the molecule is C[C@@H]1[C@@H](C)CN(C(=O)OC(C)(C)C)CC[C@H]1c1ccccc1. The molecule has 1 heterocycles. The molecule has 1 aromatic rings. The number of benzene rings is 1. The van der Waals surface area contributed by atoms with Gasteiger partial charge in [-0.05, 0) is 50.5 Å². The van der Waals surface area contributed by atoms with Gasteiger partial charge in [0.1, 0.15) is 5.60 Å². The molecule has 1 aliphatic rings. The second-order valence-corrected chi connectivity index (χ2v) is 7.57. The fourth-order valence-corrected chi connectivity index (χ4v) is 3.22. The Kier molecular flexibility index (Phi) is 5.15. The van der Waals surface area contributed by atoms with Crippen molar-refractivity contribution in [2.45, 2.75) is 52.6 Å². The number of carbonyl (C=O) groups excluding carboxylic acids is 1. The van der Waals surface area contributed by atoms with Crippen LogP contribution in [0.15, 0.2) is 30.3 Å². The fraction of sp³-hybridized carbons (Fsp3) is 0.632. The zero-order valence-corrected chi connectivity index (χ0v) is 14.5. The number of amides is 1. The lowest BCUT2D eigenvalue weighted by atomic mass is 9.79. The molecule has 0 bridgehead atoms. The highest BCUT2D eigenvalue weighted by Crippen LogP contribution is 2.36. The number of hydrogen-bond donors (Lipinski definition) is 0. The molecule has 1 fully saturated rings. The molecule has 3 atom stereocenters. The van der Waals surface area contributed by atoms with Gasteiger partial charge in [-0.1, -0.05) is 44.2 Å². The Hall–Kier alpha value is -1.51. The summed E-state index contributed by atoms with van der Waals surface area (Å²) in [6.45, 7) is 11.8. The molecule has 0 N–H and O–H groups in total. The van der Waals surface area contributed by atoms with E-state index < -0.39 is 5.60 Å². The highest BCUT2D eigenvalue weighted by molar-refractivity contribution is 5.68. The Balaban J connectivity index is 2.11. The Morgan fingerprint density at radius 3 is 2.41 bits per heavy atom. The molecule has 1 saturated heterocycles. The summed E-state index contributed by atoms with van der Waals surface area (Å²) in [4.78, 5) is 14.2. The number of ether oxygens (including phenoxy) is 1. The largest absolute Gasteiger partial charge is 0.444 e. The van der Waals surface area contributed by atoms with E-state index in [2.05, 4.69) is 44.2 Å². The molecule has 0 unspecified atom stereocenters. The van der Waals surface area contributed by atoms with Crippen molar-refractivity contribution in [3.63, 3.8) is 0 Å². The summed E-state index contributed by atoms with van der Waals surface area (Å²) in [6, 6.07) is 10.7. The normalized spacial score (nSPS) is 26.4. The molecule has 3 nitrogen and oxygen atoms in total. The summed E-state index contributed by atoms with van der Waals surface area (Å²) in [5, 5.41) is 0. The summed E-state index contributed by atoms with van der Waals surface area (Å²) < 4.78 is 5.54. The van der Waals surface area contributed by atoms with Gasteiger partial charge < -0.3 is 9.64 Å². The predicted octanol–water partition coefficient (Wildman–Crippen LogP) is 4.68. The molecule has 0 aliphatic carbocycles. The molecule has 22 heavy (non-hydrogen) atoms. The van der Waals surface area contributed by atoms with Gasteiger partial charge in [0.25, 0.3) is 0 Å². The van der Waals surface area contributed by atoms with Crippen LogP contribution in [0.3, 0.4) is 0 Å². The van der Waals surface area contributed by atoms with Crippen LogP contribution in [-0.2, 0) is 4.74 Å². The van der Waals surface area contributed by atoms with E-state index in [1.807, 2.05) is 25.7 Å². The van der Waals surface area contributed by atoms with Crippen molar-refractivity contribution in [2.24, 2.45) is 11.8 Å². The van der Waals surface area contributed by atoms with Gasteiger partial charge in [-0.15, -0.1) is 0 Å². The Morgan fingerprint density at radius 1 is 1.18 bits per heavy atom. The Bertz CT molecular complexity index is 492. The number of hydrogen-bond acceptors (Lipinski definition) is 2. The first kappa shape index (κ1) is 16.9. The average molecular weight is 303 g/mol. The van der Waals surface area contributed by atoms with Crippen molar-refractivity contribution in [2.75, 3.05) is 13.1 Å². The predicted molar refractivity (Wildman–Crippen MR) is 89.9 cm³/mol. The van der Waals surface area contributed by atoms with Crippen LogP contribution >= 0.6 is 0 Å². The topological polar surface area (TPSA) is 29.5 Å². The van der Waals surface area contributed by atoms with Gasteiger partial charge in [0.15, 0.2) is 0 Å². The molecule has 0 saturated carbocycles. The van der Waals surface area contributed by atoms with Crippen LogP contribution < -0.4 is 0 Å². The smallest absolute Gasteiger partial charge is 0.410 e. The van der Waals surface area contributed by atoms with Crippen LogP contribution in [0, 0.1) is 11.8 Å². The van der Waals surface area contributed by atoms with Gasteiger partial charge in [0, 0.05) is 13.1 Å². The fourth-order valence-electron chi connectivity index (χ4n) is 3.22.